The van der Waals surface area contributed by atoms with Crippen molar-refractivity contribution in [3.8, 4) is 0 Å². The molecule has 0 radical (unpaired) electrons. The summed E-state index contributed by atoms with van der Waals surface area (Å²) in [4.78, 5) is 25.7. The van der Waals surface area contributed by atoms with Crippen molar-refractivity contribution in [2.24, 2.45) is 0 Å². The monoisotopic (exact) mass is 300 g/mol. The van der Waals surface area contributed by atoms with Crippen molar-refractivity contribution in [2.75, 3.05) is 13.1 Å². The van der Waals surface area contributed by atoms with Crippen LogP contribution in [0, 0.1) is 0 Å². The molecule has 2 aromatic rings. The van der Waals surface area contributed by atoms with Crippen molar-refractivity contribution >= 4 is 5.91 Å². The predicted octanol–water partition coefficient (Wildman–Crippen LogP) is 2.53. The van der Waals surface area contributed by atoms with Gasteiger partial charge in [-0.15, -0.1) is 0 Å². The first-order valence-corrected chi connectivity index (χ1v) is 7.19. The van der Waals surface area contributed by atoms with E-state index in [2.05, 4.69) is 6.58 Å². The summed E-state index contributed by atoms with van der Waals surface area (Å²) in [6, 6.07) is 8.32. The molecule has 0 saturated carbocycles. The summed E-state index contributed by atoms with van der Waals surface area (Å²) < 4.78 is 7.11. The largest absolute Gasteiger partial charge is 0.454 e. The van der Waals surface area contributed by atoms with Crippen LogP contribution in [-0.4, -0.2) is 28.5 Å². The van der Waals surface area contributed by atoms with E-state index < -0.39 is 0 Å². The molecule has 5 heteroatoms. The van der Waals surface area contributed by atoms with Gasteiger partial charge in [0.15, 0.2) is 5.76 Å². The Bertz CT molecular complexity index is 727. The maximum absolute atomic E-state index is 12.4. The Morgan fingerprint density at radius 2 is 2.09 bits per heavy atom. The van der Waals surface area contributed by atoms with Gasteiger partial charge in [0.25, 0.3) is 11.5 Å². The standard InChI is InChI=1S/C17H20N2O3/c1-4-18(11-13(2)3)17(21)15-9-8-14(22-15)12-19-10-6-5-7-16(19)20/h5-10H,2,4,11-12H2,1,3H3. The van der Waals surface area contributed by atoms with Crippen LogP contribution in [0.2, 0.25) is 0 Å². The third kappa shape index (κ3) is 3.75. The number of furan rings is 1. The number of carbonyl (C=O) groups is 1. The normalized spacial score (nSPS) is 10.5. The number of aromatic nitrogens is 1. The maximum Gasteiger partial charge on any atom is 0.289 e. The highest BCUT2D eigenvalue weighted by Crippen LogP contribution is 2.12. The SMILES string of the molecule is C=C(C)CN(CC)C(=O)c1ccc(Cn2ccccc2=O)o1. The molecule has 0 saturated heterocycles. The Kier molecular flexibility index (Phi) is 4.99. The molecule has 0 aliphatic rings. The maximum atomic E-state index is 12.4. The molecule has 2 heterocycles. The van der Waals surface area contributed by atoms with E-state index >= 15 is 0 Å². The lowest BCUT2D eigenvalue weighted by Gasteiger charge is -2.19. The lowest BCUT2D eigenvalue weighted by Crippen LogP contribution is -2.31. The van der Waals surface area contributed by atoms with Crippen molar-refractivity contribution in [2.45, 2.75) is 20.4 Å². The molecule has 0 atom stereocenters. The molecule has 0 fully saturated rings. The van der Waals surface area contributed by atoms with Crippen molar-refractivity contribution in [1.29, 1.82) is 0 Å². The molecule has 0 spiro atoms. The molecule has 0 unspecified atom stereocenters. The quantitative estimate of drug-likeness (QED) is 0.770. The minimum Gasteiger partial charge on any atom is -0.454 e. The molecule has 116 valence electrons. The number of amides is 1. The van der Waals surface area contributed by atoms with Gasteiger partial charge in [0.05, 0.1) is 6.54 Å². The number of hydrogen-bond donors (Lipinski definition) is 0. The van der Waals surface area contributed by atoms with Crippen LogP contribution in [0.5, 0.6) is 0 Å². The van der Waals surface area contributed by atoms with Gasteiger partial charge < -0.3 is 13.9 Å². The van der Waals surface area contributed by atoms with Crippen molar-refractivity contribution in [3.05, 3.63) is 70.6 Å². The zero-order valence-electron chi connectivity index (χ0n) is 12.9. The second kappa shape index (κ2) is 6.93. The summed E-state index contributed by atoms with van der Waals surface area (Å²) in [6.45, 7) is 9.01. The highest BCUT2D eigenvalue weighted by molar-refractivity contribution is 5.91. The first kappa shape index (κ1) is 15.8. The van der Waals surface area contributed by atoms with Crippen LogP contribution in [0.4, 0.5) is 0 Å². The number of likely N-dealkylation sites (N-methyl/N-ethyl adjacent to an activating group) is 1. The molecule has 1 amide bonds. The molecule has 2 rings (SSSR count). The second-order valence-electron chi connectivity index (χ2n) is 5.21. The topological polar surface area (TPSA) is 55.5 Å². The van der Waals surface area contributed by atoms with E-state index in [9.17, 15) is 9.59 Å². The highest BCUT2D eigenvalue weighted by Gasteiger charge is 2.18. The first-order valence-electron chi connectivity index (χ1n) is 7.19. The minimum absolute atomic E-state index is 0.107. The Labute approximate surface area is 129 Å². The number of nitrogens with zero attached hydrogens (tertiary/aromatic N) is 2. The molecule has 2 aromatic heterocycles. The van der Waals surface area contributed by atoms with E-state index in [1.54, 1.807) is 35.4 Å². The Morgan fingerprint density at radius 1 is 1.32 bits per heavy atom. The van der Waals surface area contributed by atoms with Gasteiger partial charge in [0.2, 0.25) is 0 Å². The van der Waals surface area contributed by atoms with E-state index in [0.29, 0.717) is 25.4 Å². The van der Waals surface area contributed by atoms with Crippen LogP contribution in [0.1, 0.15) is 30.2 Å². The van der Waals surface area contributed by atoms with E-state index in [0.717, 1.165) is 5.57 Å². The minimum atomic E-state index is -0.169. The summed E-state index contributed by atoms with van der Waals surface area (Å²) >= 11 is 0. The van der Waals surface area contributed by atoms with Gasteiger partial charge in [-0.2, -0.15) is 0 Å². The molecule has 5 nitrogen and oxygen atoms in total. The Balaban J connectivity index is 2.14. The fourth-order valence-corrected chi connectivity index (χ4v) is 2.15. The number of pyridine rings is 1. The van der Waals surface area contributed by atoms with Crippen LogP contribution in [0.15, 0.2) is 57.9 Å². The predicted molar refractivity (Wildman–Crippen MR) is 84.9 cm³/mol. The molecular weight excluding hydrogens is 280 g/mol. The number of hydrogen-bond acceptors (Lipinski definition) is 3. The van der Waals surface area contributed by atoms with Gasteiger partial charge in [-0.25, -0.2) is 0 Å². The average molecular weight is 300 g/mol. The van der Waals surface area contributed by atoms with Gasteiger partial charge in [-0.3, -0.25) is 9.59 Å². The first-order chi connectivity index (χ1) is 10.5. The van der Waals surface area contributed by atoms with Crippen molar-refractivity contribution in [1.82, 2.24) is 9.47 Å². The summed E-state index contributed by atoms with van der Waals surface area (Å²) in [5.74, 6) is 0.683. The Hall–Kier alpha value is -2.56. The molecule has 0 N–H and O–H groups in total. The lowest BCUT2D eigenvalue weighted by molar-refractivity contribution is 0.0744. The molecule has 0 aromatic carbocycles. The van der Waals surface area contributed by atoms with Crippen LogP contribution in [0.25, 0.3) is 0 Å². The number of rotatable bonds is 6. The summed E-state index contributed by atoms with van der Waals surface area (Å²) in [5.41, 5.74) is 0.807. The van der Waals surface area contributed by atoms with Gasteiger partial charge in [0, 0.05) is 25.4 Å². The van der Waals surface area contributed by atoms with E-state index in [1.165, 1.54) is 10.6 Å². The second-order valence-corrected chi connectivity index (χ2v) is 5.21. The summed E-state index contributed by atoms with van der Waals surface area (Å²) in [7, 11) is 0. The zero-order chi connectivity index (χ0) is 16.1. The third-order valence-corrected chi connectivity index (χ3v) is 3.23. The van der Waals surface area contributed by atoms with E-state index in [-0.39, 0.29) is 17.2 Å². The van der Waals surface area contributed by atoms with Crippen molar-refractivity contribution < 1.29 is 9.21 Å². The van der Waals surface area contributed by atoms with Crippen LogP contribution in [-0.2, 0) is 6.54 Å². The third-order valence-electron chi connectivity index (χ3n) is 3.23. The van der Waals surface area contributed by atoms with Gasteiger partial charge >= 0.3 is 0 Å². The van der Waals surface area contributed by atoms with Gasteiger partial charge in [-0.1, -0.05) is 18.2 Å². The zero-order valence-corrected chi connectivity index (χ0v) is 12.9. The fourth-order valence-electron chi connectivity index (χ4n) is 2.15. The highest BCUT2D eigenvalue weighted by atomic mass is 16.4. The molecular formula is C17H20N2O3. The van der Waals surface area contributed by atoms with Crippen LogP contribution >= 0.6 is 0 Å². The van der Waals surface area contributed by atoms with E-state index in [4.69, 9.17) is 4.42 Å². The summed E-state index contributed by atoms with van der Waals surface area (Å²) in [5, 5.41) is 0. The molecule has 0 bridgehead atoms. The Morgan fingerprint density at radius 3 is 2.73 bits per heavy atom. The molecule has 22 heavy (non-hydrogen) atoms. The lowest BCUT2D eigenvalue weighted by atomic mass is 10.3. The van der Waals surface area contributed by atoms with E-state index in [1.807, 2.05) is 13.8 Å². The van der Waals surface area contributed by atoms with Crippen molar-refractivity contribution in [3.63, 3.8) is 0 Å². The smallest absolute Gasteiger partial charge is 0.289 e. The fraction of sp³-hybridized carbons (Fsp3) is 0.294. The number of carbonyl (C=O) groups excluding carboxylic acids is 1. The van der Waals surface area contributed by atoms with Crippen LogP contribution < -0.4 is 5.56 Å². The van der Waals surface area contributed by atoms with Gasteiger partial charge in [0.1, 0.15) is 5.76 Å². The molecule has 0 aliphatic heterocycles. The van der Waals surface area contributed by atoms with Gasteiger partial charge in [-0.05, 0) is 32.0 Å². The average Bonchev–Trinajstić information content (AvgIpc) is 2.95. The molecule has 0 aliphatic carbocycles. The van der Waals surface area contributed by atoms with Crippen LogP contribution in [0.3, 0.4) is 0 Å². The summed E-state index contributed by atoms with van der Waals surface area (Å²) in [6.07, 6.45) is 1.69.